The van der Waals surface area contributed by atoms with Crippen LogP contribution >= 0.6 is 11.6 Å². The second kappa shape index (κ2) is 13.1. The van der Waals surface area contributed by atoms with E-state index in [4.69, 9.17) is 11.6 Å². The number of halogens is 1. The van der Waals surface area contributed by atoms with Crippen molar-refractivity contribution in [1.82, 2.24) is 10.2 Å². The van der Waals surface area contributed by atoms with Crippen molar-refractivity contribution in [2.24, 2.45) is 0 Å². The van der Waals surface area contributed by atoms with Gasteiger partial charge < -0.3 is 10.2 Å². The van der Waals surface area contributed by atoms with Crippen LogP contribution in [0.1, 0.15) is 56.4 Å². The Bertz CT molecular complexity index is 1500. The molecule has 0 saturated carbocycles. The molecule has 0 spiro atoms. The third-order valence-corrected chi connectivity index (χ3v) is 8.82. The molecular weight excluding hydrogens is 558 g/mol. The van der Waals surface area contributed by atoms with Gasteiger partial charge in [-0.25, -0.2) is 8.42 Å². The molecule has 0 unspecified atom stereocenters. The molecule has 3 aromatic carbocycles. The first-order chi connectivity index (χ1) is 19.1. The molecule has 7 nitrogen and oxygen atoms in total. The smallest absolute Gasteiger partial charge is 0.264 e. The van der Waals surface area contributed by atoms with Crippen LogP contribution in [0.5, 0.6) is 0 Å². The fraction of sp³-hybridized carbons (Fsp3) is 0.375. The molecule has 0 saturated heterocycles. The number of nitrogens with one attached hydrogen (secondary N) is 1. The van der Waals surface area contributed by atoms with E-state index in [-0.39, 0.29) is 17.3 Å². The highest BCUT2D eigenvalue weighted by molar-refractivity contribution is 7.92. The van der Waals surface area contributed by atoms with Crippen molar-refractivity contribution in [1.29, 1.82) is 0 Å². The van der Waals surface area contributed by atoms with Crippen LogP contribution < -0.4 is 9.62 Å². The maximum Gasteiger partial charge on any atom is 0.264 e. The van der Waals surface area contributed by atoms with Crippen LogP contribution in [-0.2, 0) is 26.2 Å². The summed E-state index contributed by atoms with van der Waals surface area (Å²) in [6.45, 7) is 12.7. The fourth-order valence-electron chi connectivity index (χ4n) is 4.55. The summed E-state index contributed by atoms with van der Waals surface area (Å²) in [6, 6.07) is 18.2. The summed E-state index contributed by atoms with van der Waals surface area (Å²) in [5, 5.41) is 3.33. The highest BCUT2D eigenvalue weighted by atomic mass is 35.5. The zero-order chi connectivity index (χ0) is 30.5. The molecular formula is C32H40ClN3O4S. The number of anilines is 1. The van der Waals surface area contributed by atoms with Gasteiger partial charge in [-0.2, -0.15) is 0 Å². The molecule has 0 bridgehead atoms. The first-order valence-corrected chi connectivity index (χ1v) is 15.5. The van der Waals surface area contributed by atoms with Crippen molar-refractivity contribution < 1.29 is 18.0 Å². The summed E-state index contributed by atoms with van der Waals surface area (Å²) < 4.78 is 29.2. The summed E-state index contributed by atoms with van der Waals surface area (Å²) in [5.74, 6) is -0.798. The molecule has 0 heterocycles. The molecule has 1 atom stereocenters. The molecule has 3 aromatic rings. The molecule has 0 aliphatic rings. The Hall–Kier alpha value is -3.36. The van der Waals surface area contributed by atoms with E-state index in [9.17, 15) is 18.0 Å². The summed E-state index contributed by atoms with van der Waals surface area (Å²) in [4.78, 5) is 29.3. The van der Waals surface area contributed by atoms with Gasteiger partial charge in [0.25, 0.3) is 10.0 Å². The number of amides is 2. The lowest BCUT2D eigenvalue weighted by Crippen LogP contribution is -2.55. The lowest BCUT2D eigenvalue weighted by molar-refractivity contribution is -0.141. The predicted molar refractivity (Wildman–Crippen MR) is 166 cm³/mol. The van der Waals surface area contributed by atoms with Crippen LogP contribution in [0.15, 0.2) is 71.6 Å². The number of sulfonamides is 1. The molecule has 0 radical (unpaired) electrons. The van der Waals surface area contributed by atoms with E-state index in [2.05, 4.69) is 5.32 Å². The molecule has 0 fully saturated rings. The van der Waals surface area contributed by atoms with Gasteiger partial charge >= 0.3 is 0 Å². The van der Waals surface area contributed by atoms with Crippen molar-refractivity contribution >= 4 is 39.1 Å². The molecule has 41 heavy (non-hydrogen) atoms. The van der Waals surface area contributed by atoms with E-state index in [1.54, 1.807) is 37.3 Å². The standard InChI is InChI=1S/C32H40ClN3O4S/c1-8-28(31(38)34-32(5,6)7)35(20-25-12-10-9-11-23(25)3)30(37)21-36(29-19-26(33)16-15-24(29)4)41(39,40)27-17-13-22(2)14-18-27/h9-19,28H,8,20-21H2,1-7H3,(H,34,38)/t28-/m1/s1. The van der Waals surface area contributed by atoms with Crippen LogP contribution in [0, 0.1) is 20.8 Å². The van der Waals surface area contributed by atoms with Crippen molar-refractivity contribution in [3.8, 4) is 0 Å². The van der Waals surface area contributed by atoms with Crippen LogP contribution in [0.2, 0.25) is 5.02 Å². The Kier molecular flexibility index (Phi) is 10.3. The predicted octanol–water partition coefficient (Wildman–Crippen LogP) is 6.18. The molecule has 9 heteroatoms. The summed E-state index contributed by atoms with van der Waals surface area (Å²) in [7, 11) is -4.17. The third-order valence-electron chi connectivity index (χ3n) is 6.81. The maximum atomic E-state index is 14.2. The highest BCUT2D eigenvalue weighted by Crippen LogP contribution is 2.30. The normalized spacial score (nSPS) is 12.5. The van der Waals surface area contributed by atoms with E-state index in [1.165, 1.54) is 17.0 Å². The zero-order valence-electron chi connectivity index (χ0n) is 24.9. The van der Waals surface area contributed by atoms with E-state index in [0.29, 0.717) is 22.7 Å². The molecule has 0 aromatic heterocycles. The maximum absolute atomic E-state index is 14.2. The number of carbonyl (C=O) groups is 2. The van der Waals surface area contributed by atoms with Gasteiger partial charge in [0.1, 0.15) is 12.6 Å². The highest BCUT2D eigenvalue weighted by Gasteiger charge is 2.35. The van der Waals surface area contributed by atoms with Crippen molar-refractivity contribution in [2.75, 3.05) is 10.8 Å². The third kappa shape index (κ3) is 8.11. The van der Waals surface area contributed by atoms with Crippen molar-refractivity contribution in [3.63, 3.8) is 0 Å². The zero-order valence-corrected chi connectivity index (χ0v) is 26.4. The largest absolute Gasteiger partial charge is 0.350 e. The van der Waals surface area contributed by atoms with Gasteiger partial charge in [-0.3, -0.25) is 13.9 Å². The van der Waals surface area contributed by atoms with Crippen LogP contribution in [0.3, 0.4) is 0 Å². The van der Waals surface area contributed by atoms with Gasteiger partial charge in [-0.15, -0.1) is 0 Å². The first-order valence-electron chi connectivity index (χ1n) is 13.7. The van der Waals surface area contributed by atoms with Gasteiger partial charge in [0.15, 0.2) is 0 Å². The molecule has 220 valence electrons. The molecule has 3 rings (SSSR count). The minimum absolute atomic E-state index is 0.0539. The minimum atomic E-state index is -4.17. The van der Waals surface area contributed by atoms with E-state index in [1.807, 2.05) is 65.8 Å². The molecule has 0 aliphatic heterocycles. The van der Waals surface area contributed by atoms with Crippen LogP contribution in [-0.4, -0.2) is 43.3 Å². The Morgan fingerprint density at radius 1 is 0.927 bits per heavy atom. The fourth-order valence-corrected chi connectivity index (χ4v) is 6.18. The lowest BCUT2D eigenvalue weighted by atomic mass is 10.0. The van der Waals surface area contributed by atoms with Gasteiger partial charge in [0.2, 0.25) is 11.8 Å². The first kappa shape index (κ1) is 32.2. The van der Waals surface area contributed by atoms with Gasteiger partial charge in [-0.05, 0) is 88.9 Å². The van der Waals surface area contributed by atoms with Crippen molar-refractivity contribution in [2.45, 2.75) is 77.9 Å². The topological polar surface area (TPSA) is 86.8 Å². The van der Waals surface area contributed by atoms with Crippen LogP contribution in [0.4, 0.5) is 5.69 Å². The molecule has 1 N–H and O–H groups in total. The van der Waals surface area contributed by atoms with E-state index >= 15 is 0 Å². The summed E-state index contributed by atoms with van der Waals surface area (Å²) in [5.41, 5.74) is 3.17. The second-order valence-corrected chi connectivity index (χ2v) is 13.7. The number of hydrogen-bond donors (Lipinski definition) is 1. The quantitative estimate of drug-likeness (QED) is 0.302. The second-order valence-electron chi connectivity index (χ2n) is 11.4. The number of benzene rings is 3. The monoisotopic (exact) mass is 597 g/mol. The molecule has 2 amide bonds. The Balaban J connectivity index is 2.13. The number of nitrogens with zero attached hydrogens (tertiary/aromatic N) is 2. The lowest BCUT2D eigenvalue weighted by Gasteiger charge is -2.35. The minimum Gasteiger partial charge on any atom is -0.350 e. The average molecular weight is 598 g/mol. The number of hydrogen-bond acceptors (Lipinski definition) is 4. The summed E-state index contributed by atoms with van der Waals surface area (Å²) in [6.07, 6.45) is 0.348. The van der Waals surface area contributed by atoms with Gasteiger partial charge in [0, 0.05) is 17.1 Å². The molecule has 0 aliphatic carbocycles. The van der Waals surface area contributed by atoms with Gasteiger partial charge in [-0.1, -0.05) is 66.6 Å². The number of aryl methyl sites for hydroxylation is 3. The van der Waals surface area contributed by atoms with Crippen LogP contribution in [0.25, 0.3) is 0 Å². The average Bonchev–Trinajstić information content (AvgIpc) is 2.88. The van der Waals surface area contributed by atoms with E-state index in [0.717, 1.165) is 21.0 Å². The van der Waals surface area contributed by atoms with Crippen molar-refractivity contribution in [3.05, 3.63) is 94.0 Å². The Morgan fingerprint density at radius 3 is 2.15 bits per heavy atom. The Morgan fingerprint density at radius 2 is 1.56 bits per heavy atom. The summed E-state index contributed by atoms with van der Waals surface area (Å²) >= 11 is 6.31. The number of rotatable bonds is 10. The number of carbonyl (C=O) groups excluding carboxylic acids is 2. The van der Waals surface area contributed by atoms with Gasteiger partial charge in [0.05, 0.1) is 10.6 Å². The van der Waals surface area contributed by atoms with E-state index < -0.39 is 34.1 Å². The Labute approximate surface area is 249 Å². The SMILES string of the molecule is CC[C@H](C(=O)NC(C)(C)C)N(Cc1ccccc1C)C(=O)CN(c1cc(Cl)ccc1C)S(=O)(=O)c1ccc(C)cc1.